The van der Waals surface area contributed by atoms with Crippen LogP contribution in [0.4, 0.5) is 32.0 Å². The molecule has 1 aliphatic heterocycles. The SMILES string of the molecule is CSc1cc(NC(=O)c2c(C(F)(F)F)c(C3CC3)nn2C[C@H]2CCO[C@H]2C(F)(F)F)ccn1. The number of nitrogens with zero attached hydrogens (tertiary/aromatic N) is 3. The number of carbonyl (C=O) groups is 1. The molecule has 2 aromatic heterocycles. The van der Waals surface area contributed by atoms with Crippen LogP contribution in [0.25, 0.3) is 0 Å². The summed E-state index contributed by atoms with van der Waals surface area (Å²) in [5.41, 5.74) is -2.07. The molecular formula is C20H20F6N4O2S. The monoisotopic (exact) mass is 494 g/mol. The molecule has 1 saturated heterocycles. The van der Waals surface area contributed by atoms with Crippen molar-refractivity contribution >= 4 is 23.4 Å². The average molecular weight is 494 g/mol. The van der Waals surface area contributed by atoms with Gasteiger partial charge in [-0.2, -0.15) is 31.4 Å². The Morgan fingerprint density at radius 3 is 2.58 bits per heavy atom. The fourth-order valence-corrected chi connectivity index (χ4v) is 4.37. The number of rotatable bonds is 6. The molecule has 33 heavy (non-hydrogen) atoms. The number of ether oxygens (including phenoxy) is 1. The van der Waals surface area contributed by atoms with Crippen molar-refractivity contribution in [2.24, 2.45) is 5.92 Å². The highest BCUT2D eigenvalue weighted by Crippen LogP contribution is 2.47. The van der Waals surface area contributed by atoms with Gasteiger partial charge < -0.3 is 10.1 Å². The molecule has 2 atom stereocenters. The number of thioether (sulfide) groups is 1. The number of nitrogens with one attached hydrogen (secondary N) is 1. The molecule has 1 saturated carbocycles. The van der Waals surface area contributed by atoms with Gasteiger partial charge in [0.25, 0.3) is 5.91 Å². The first-order valence-electron chi connectivity index (χ1n) is 10.2. The molecule has 2 aliphatic rings. The van der Waals surface area contributed by atoms with Crippen molar-refractivity contribution in [2.75, 3.05) is 18.2 Å². The maximum absolute atomic E-state index is 14.1. The van der Waals surface area contributed by atoms with Crippen LogP contribution in [-0.2, 0) is 17.5 Å². The van der Waals surface area contributed by atoms with Crippen LogP contribution in [0.15, 0.2) is 23.4 Å². The number of alkyl halides is 6. The molecule has 0 unspecified atom stereocenters. The number of hydrogen-bond acceptors (Lipinski definition) is 5. The van der Waals surface area contributed by atoms with E-state index in [2.05, 4.69) is 15.4 Å². The maximum atomic E-state index is 14.1. The van der Waals surface area contributed by atoms with Crippen LogP contribution in [0.2, 0.25) is 0 Å². The van der Waals surface area contributed by atoms with Gasteiger partial charge in [-0.25, -0.2) is 4.98 Å². The molecule has 0 aromatic carbocycles. The average Bonchev–Trinajstić information content (AvgIpc) is 3.32. The van der Waals surface area contributed by atoms with Crippen LogP contribution in [0.1, 0.15) is 46.9 Å². The van der Waals surface area contributed by atoms with Crippen molar-refractivity contribution in [3.8, 4) is 0 Å². The molecule has 2 fully saturated rings. The van der Waals surface area contributed by atoms with Crippen molar-refractivity contribution in [3.05, 3.63) is 35.3 Å². The fourth-order valence-electron chi connectivity index (χ4n) is 3.96. The molecule has 3 heterocycles. The second-order valence-corrected chi connectivity index (χ2v) is 8.81. The van der Waals surface area contributed by atoms with Gasteiger partial charge in [0.2, 0.25) is 0 Å². The minimum atomic E-state index is -4.90. The van der Waals surface area contributed by atoms with Gasteiger partial charge in [0.15, 0.2) is 6.10 Å². The summed E-state index contributed by atoms with van der Waals surface area (Å²) in [6, 6.07) is 2.90. The van der Waals surface area contributed by atoms with Gasteiger partial charge in [-0.05, 0) is 37.7 Å². The first kappa shape index (κ1) is 23.9. The first-order valence-corrected chi connectivity index (χ1v) is 11.4. The molecule has 180 valence electrons. The number of carbonyl (C=O) groups excluding carboxylic acids is 1. The Balaban J connectivity index is 1.74. The van der Waals surface area contributed by atoms with E-state index in [1.165, 1.54) is 30.1 Å². The number of pyridine rings is 1. The zero-order valence-electron chi connectivity index (χ0n) is 17.3. The highest BCUT2D eigenvalue weighted by atomic mass is 32.2. The normalized spacial score (nSPS) is 21.4. The molecular weight excluding hydrogens is 474 g/mol. The lowest BCUT2D eigenvalue weighted by molar-refractivity contribution is -0.217. The van der Waals surface area contributed by atoms with Gasteiger partial charge in [0.1, 0.15) is 11.3 Å². The third-order valence-electron chi connectivity index (χ3n) is 5.59. The number of hydrogen-bond donors (Lipinski definition) is 1. The molecule has 0 spiro atoms. The van der Waals surface area contributed by atoms with Crippen molar-refractivity contribution in [1.82, 2.24) is 14.8 Å². The Morgan fingerprint density at radius 1 is 1.24 bits per heavy atom. The molecule has 6 nitrogen and oxygen atoms in total. The number of amides is 1. The summed E-state index contributed by atoms with van der Waals surface area (Å²) in [4.78, 5) is 17.1. The molecule has 0 radical (unpaired) electrons. The van der Waals surface area contributed by atoms with E-state index < -0.39 is 54.0 Å². The predicted octanol–water partition coefficient (Wildman–Crippen LogP) is 5.12. The van der Waals surface area contributed by atoms with Crippen LogP contribution in [0.5, 0.6) is 0 Å². The number of aromatic nitrogens is 3. The molecule has 0 bridgehead atoms. The Hall–Kier alpha value is -2.28. The maximum Gasteiger partial charge on any atom is 0.420 e. The van der Waals surface area contributed by atoms with Gasteiger partial charge in [0, 0.05) is 36.9 Å². The minimum Gasteiger partial charge on any atom is -0.368 e. The number of anilines is 1. The third kappa shape index (κ3) is 5.13. The smallest absolute Gasteiger partial charge is 0.368 e. The van der Waals surface area contributed by atoms with Gasteiger partial charge in [0.05, 0.1) is 10.7 Å². The first-order chi connectivity index (χ1) is 15.5. The summed E-state index contributed by atoms with van der Waals surface area (Å²) in [6.07, 6.45) is -7.63. The van der Waals surface area contributed by atoms with E-state index in [0.29, 0.717) is 17.9 Å². The van der Waals surface area contributed by atoms with E-state index in [9.17, 15) is 31.1 Å². The van der Waals surface area contributed by atoms with Crippen LogP contribution < -0.4 is 5.32 Å². The Kier molecular flexibility index (Phi) is 6.38. The highest BCUT2D eigenvalue weighted by Gasteiger charge is 2.50. The van der Waals surface area contributed by atoms with Crippen molar-refractivity contribution in [2.45, 2.75) is 55.2 Å². The summed E-state index contributed by atoms with van der Waals surface area (Å²) in [7, 11) is 0. The Labute approximate surface area is 189 Å². The lowest BCUT2D eigenvalue weighted by Crippen LogP contribution is -2.36. The molecule has 4 rings (SSSR count). The van der Waals surface area contributed by atoms with Gasteiger partial charge >= 0.3 is 12.4 Å². The highest BCUT2D eigenvalue weighted by molar-refractivity contribution is 7.98. The number of halogens is 6. The van der Waals surface area contributed by atoms with Gasteiger partial charge in [-0.15, -0.1) is 11.8 Å². The Bertz CT molecular complexity index is 1030. The predicted molar refractivity (Wildman–Crippen MR) is 107 cm³/mol. The van der Waals surface area contributed by atoms with E-state index in [4.69, 9.17) is 4.74 Å². The molecule has 13 heteroatoms. The summed E-state index contributed by atoms with van der Waals surface area (Å²) >= 11 is 1.28. The molecule has 2 aromatic rings. The van der Waals surface area contributed by atoms with Crippen molar-refractivity contribution in [3.63, 3.8) is 0 Å². The summed E-state index contributed by atoms with van der Waals surface area (Å²) < 4.78 is 87.7. The standard InChI is InChI=1S/C20H20F6N4O2S/c1-33-13-8-12(4-6-27-13)28-18(31)16-14(19(21,22)23)15(10-2-3-10)29-30(16)9-11-5-7-32-17(11)20(24,25)26/h4,6,8,10-11,17H,2-3,5,7,9H2,1H3,(H,27,28,31)/t11-,17-/m1/s1. The zero-order chi connectivity index (χ0) is 24.0. The van der Waals surface area contributed by atoms with Crippen LogP contribution in [0.3, 0.4) is 0 Å². The molecule has 1 aliphatic carbocycles. The minimum absolute atomic E-state index is 0.00730. The van der Waals surface area contributed by atoms with Crippen LogP contribution in [-0.4, -0.2) is 45.8 Å². The van der Waals surface area contributed by atoms with E-state index in [0.717, 1.165) is 4.68 Å². The summed E-state index contributed by atoms with van der Waals surface area (Å²) in [5.74, 6) is -2.73. The third-order valence-corrected chi connectivity index (χ3v) is 6.23. The van der Waals surface area contributed by atoms with E-state index in [-0.39, 0.29) is 24.4 Å². The quantitative estimate of drug-likeness (QED) is 0.446. The lowest BCUT2D eigenvalue weighted by atomic mass is 10.0. The molecule has 1 amide bonds. The van der Waals surface area contributed by atoms with E-state index in [1.54, 1.807) is 6.26 Å². The Morgan fingerprint density at radius 2 is 1.97 bits per heavy atom. The van der Waals surface area contributed by atoms with E-state index in [1.807, 2.05) is 0 Å². The topological polar surface area (TPSA) is 69.0 Å². The van der Waals surface area contributed by atoms with Crippen LogP contribution >= 0.6 is 11.8 Å². The largest absolute Gasteiger partial charge is 0.420 e. The van der Waals surface area contributed by atoms with Crippen molar-refractivity contribution in [1.29, 1.82) is 0 Å². The zero-order valence-corrected chi connectivity index (χ0v) is 18.2. The van der Waals surface area contributed by atoms with Gasteiger partial charge in [-0.3, -0.25) is 9.48 Å². The lowest BCUT2D eigenvalue weighted by Gasteiger charge is -2.22. The van der Waals surface area contributed by atoms with Crippen LogP contribution in [0, 0.1) is 5.92 Å². The fraction of sp³-hybridized carbons (Fsp3) is 0.550. The summed E-state index contributed by atoms with van der Waals surface area (Å²) in [6.45, 7) is -0.692. The second kappa shape index (κ2) is 8.82. The molecule has 1 N–H and O–H groups in total. The second-order valence-electron chi connectivity index (χ2n) is 7.99. The van der Waals surface area contributed by atoms with Crippen molar-refractivity contribution < 1.29 is 35.9 Å². The summed E-state index contributed by atoms with van der Waals surface area (Å²) in [5, 5.41) is 6.96. The van der Waals surface area contributed by atoms with E-state index >= 15 is 0 Å². The van der Waals surface area contributed by atoms with Gasteiger partial charge in [-0.1, -0.05) is 0 Å².